The van der Waals surface area contributed by atoms with Crippen molar-refractivity contribution in [3.63, 3.8) is 0 Å². The molecule has 0 saturated carbocycles. The van der Waals surface area contributed by atoms with Crippen LogP contribution in [0.1, 0.15) is 32.3 Å². The van der Waals surface area contributed by atoms with Crippen molar-refractivity contribution in [2.45, 2.75) is 32.8 Å². The topological polar surface area (TPSA) is 37.9 Å². The van der Waals surface area contributed by atoms with Crippen LogP contribution in [0.5, 0.6) is 0 Å². The lowest BCUT2D eigenvalue weighted by Crippen LogP contribution is -2.11. The van der Waals surface area contributed by atoms with Crippen LogP contribution in [0.15, 0.2) is 6.20 Å². The fraction of sp³-hybridized carbons (Fsp3) is 0.667. The number of hydrogen-bond acceptors (Lipinski definition) is 2. The molecule has 0 radical (unpaired) electrons. The zero-order chi connectivity index (χ0) is 9.19. The quantitative estimate of drug-likeness (QED) is 0.731. The maximum Gasteiger partial charge on any atom is 0.132 e. The van der Waals surface area contributed by atoms with E-state index >= 15 is 0 Å². The van der Waals surface area contributed by atoms with Gasteiger partial charge in [-0.05, 0) is 0 Å². The summed E-state index contributed by atoms with van der Waals surface area (Å²) in [6, 6.07) is 0. The summed E-state index contributed by atoms with van der Waals surface area (Å²) >= 11 is 0. The minimum absolute atomic E-state index is 0.138. The molecule has 0 fully saturated rings. The van der Waals surface area contributed by atoms with E-state index in [4.69, 9.17) is 4.74 Å². The summed E-state index contributed by atoms with van der Waals surface area (Å²) in [6.45, 7) is 7.00. The predicted molar refractivity (Wildman–Crippen MR) is 48.0 cm³/mol. The Kier molecular flexibility index (Phi) is 2.52. The van der Waals surface area contributed by atoms with Gasteiger partial charge in [0.25, 0.3) is 0 Å². The Balaban J connectivity index is 2.77. The molecule has 0 amide bonds. The SMILES string of the molecule is COCc1ncc(C(C)(C)C)[nH]1. The van der Waals surface area contributed by atoms with Gasteiger partial charge in [0.15, 0.2) is 0 Å². The van der Waals surface area contributed by atoms with Gasteiger partial charge >= 0.3 is 0 Å². The van der Waals surface area contributed by atoms with Crippen LogP contribution >= 0.6 is 0 Å². The summed E-state index contributed by atoms with van der Waals surface area (Å²) in [6.07, 6.45) is 1.87. The lowest BCUT2D eigenvalue weighted by atomic mass is 9.93. The van der Waals surface area contributed by atoms with E-state index in [2.05, 4.69) is 30.7 Å². The second kappa shape index (κ2) is 3.27. The Morgan fingerprint density at radius 1 is 1.50 bits per heavy atom. The van der Waals surface area contributed by atoms with E-state index in [1.807, 2.05) is 6.20 Å². The molecular weight excluding hydrogens is 152 g/mol. The van der Waals surface area contributed by atoms with Gasteiger partial charge in [-0.2, -0.15) is 0 Å². The van der Waals surface area contributed by atoms with Gasteiger partial charge in [-0.15, -0.1) is 0 Å². The molecule has 0 aliphatic carbocycles. The van der Waals surface area contributed by atoms with Gasteiger partial charge in [0.05, 0.1) is 0 Å². The number of ether oxygens (including phenoxy) is 1. The highest BCUT2D eigenvalue weighted by molar-refractivity contribution is 5.10. The lowest BCUT2D eigenvalue weighted by Gasteiger charge is -2.14. The molecule has 0 unspecified atom stereocenters. The van der Waals surface area contributed by atoms with Crippen LogP contribution in [0.3, 0.4) is 0 Å². The van der Waals surface area contributed by atoms with E-state index in [0.29, 0.717) is 6.61 Å². The van der Waals surface area contributed by atoms with Crippen LogP contribution in [0.4, 0.5) is 0 Å². The van der Waals surface area contributed by atoms with Gasteiger partial charge < -0.3 is 9.72 Å². The lowest BCUT2D eigenvalue weighted by molar-refractivity contribution is 0.178. The third-order valence-electron chi connectivity index (χ3n) is 1.72. The van der Waals surface area contributed by atoms with Gasteiger partial charge in [-0.3, -0.25) is 0 Å². The molecule has 1 heterocycles. The Morgan fingerprint density at radius 2 is 2.17 bits per heavy atom. The first-order valence-corrected chi connectivity index (χ1v) is 4.07. The van der Waals surface area contributed by atoms with Crippen LogP contribution in [-0.2, 0) is 16.8 Å². The van der Waals surface area contributed by atoms with Gasteiger partial charge in [0.1, 0.15) is 12.4 Å². The highest BCUT2D eigenvalue weighted by Crippen LogP contribution is 2.19. The summed E-state index contributed by atoms with van der Waals surface area (Å²) in [5, 5.41) is 0. The van der Waals surface area contributed by atoms with Gasteiger partial charge in [0, 0.05) is 24.4 Å². The monoisotopic (exact) mass is 168 g/mol. The number of aromatic nitrogens is 2. The molecule has 0 spiro atoms. The van der Waals surface area contributed by atoms with Crippen molar-refractivity contribution in [2.75, 3.05) is 7.11 Å². The maximum absolute atomic E-state index is 4.96. The van der Waals surface area contributed by atoms with Crippen molar-refractivity contribution in [1.29, 1.82) is 0 Å². The van der Waals surface area contributed by atoms with Gasteiger partial charge in [-0.25, -0.2) is 4.98 Å². The third-order valence-corrected chi connectivity index (χ3v) is 1.72. The number of imidazole rings is 1. The van der Waals surface area contributed by atoms with Crippen LogP contribution in [0, 0.1) is 0 Å². The fourth-order valence-corrected chi connectivity index (χ4v) is 0.954. The van der Waals surface area contributed by atoms with Crippen LogP contribution < -0.4 is 0 Å². The largest absolute Gasteiger partial charge is 0.377 e. The molecule has 1 rings (SSSR count). The van der Waals surface area contributed by atoms with E-state index in [-0.39, 0.29) is 5.41 Å². The maximum atomic E-state index is 4.96. The van der Waals surface area contributed by atoms with E-state index < -0.39 is 0 Å². The average Bonchev–Trinajstić information content (AvgIpc) is 2.35. The predicted octanol–water partition coefficient (Wildman–Crippen LogP) is 1.85. The standard InChI is InChI=1S/C9H16N2O/c1-9(2,3)7-5-10-8(11-7)6-12-4/h5H,6H2,1-4H3,(H,10,11). The Hall–Kier alpha value is -0.830. The molecule has 1 aromatic heterocycles. The summed E-state index contributed by atoms with van der Waals surface area (Å²) in [4.78, 5) is 7.41. The highest BCUT2D eigenvalue weighted by Gasteiger charge is 2.15. The second-order valence-electron chi connectivity index (χ2n) is 3.93. The van der Waals surface area contributed by atoms with Crippen molar-refractivity contribution in [3.05, 3.63) is 17.7 Å². The number of methoxy groups -OCH3 is 1. The molecule has 0 bridgehead atoms. The zero-order valence-corrected chi connectivity index (χ0v) is 8.14. The highest BCUT2D eigenvalue weighted by atomic mass is 16.5. The summed E-state index contributed by atoms with van der Waals surface area (Å²) < 4.78 is 4.96. The molecule has 0 aliphatic rings. The average molecular weight is 168 g/mol. The van der Waals surface area contributed by atoms with E-state index in [1.165, 1.54) is 0 Å². The molecular formula is C9H16N2O. The molecule has 68 valence electrons. The van der Waals surface area contributed by atoms with E-state index in [0.717, 1.165) is 11.5 Å². The zero-order valence-electron chi connectivity index (χ0n) is 8.14. The van der Waals surface area contributed by atoms with Crippen molar-refractivity contribution in [1.82, 2.24) is 9.97 Å². The number of hydrogen-bond donors (Lipinski definition) is 1. The first-order chi connectivity index (χ1) is 5.54. The smallest absolute Gasteiger partial charge is 0.132 e. The number of nitrogens with zero attached hydrogens (tertiary/aromatic N) is 1. The van der Waals surface area contributed by atoms with Crippen LogP contribution in [0.25, 0.3) is 0 Å². The van der Waals surface area contributed by atoms with Crippen LogP contribution in [-0.4, -0.2) is 17.1 Å². The van der Waals surface area contributed by atoms with Gasteiger partial charge in [-0.1, -0.05) is 20.8 Å². The second-order valence-corrected chi connectivity index (χ2v) is 3.93. The summed E-state index contributed by atoms with van der Waals surface area (Å²) in [7, 11) is 1.67. The number of rotatable bonds is 2. The molecule has 0 aromatic carbocycles. The molecule has 0 atom stereocenters. The number of aromatic amines is 1. The number of H-pyrrole nitrogens is 1. The van der Waals surface area contributed by atoms with Gasteiger partial charge in [0.2, 0.25) is 0 Å². The Labute approximate surface area is 73.2 Å². The van der Waals surface area contributed by atoms with Crippen molar-refractivity contribution in [2.24, 2.45) is 0 Å². The first kappa shape index (κ1) is 9.26. The summed E-state index contributed by atoms with van der Waals surface area (Å²) in [5.74, 6) is 0.891. The van der Waals surface area contributed by atoms with Crippen molar-refractivity contribution in [3.8, 4) is 0 Å². The molecule has 0 saturated heterocycles. The Bertz CT molecular complexity index is 247. The van der Waals surface area contributed by atoms with Crippen LogP contribution in [0.2, 0.25) is 0 Å². The normalized spacial score (nSPS) is 12.0. The minimum atomic E-state index is 0.138. The fourth-order valence-electron chi connectivity index (χ4n) is 0.954. The molecule has 1 N–H and O–H groups in total. The molecule has 3 nitrogen and oxygen atoms in total. The third kappa shape index (κ3) is 2.08. The number of nitrogens with one attached hydrogen (secondary N) is 1. The summed E-state index contributed by atoms with van der Waals surface area (Å²) in [5.41, 5.74) is 1.29. The van der Waals surface area contributed by atoms with Crippen molar-refractivity contribution >= 4 is 0 Å². The minimum Gasteiger partial charge on any atom is -0.377 e. The molecule has 1 aromatic rings. The first-order valence-electron chi connectivity index (χ1n) is 4.07. The Morgan fingerprint density at radius 3 is 2.58 bits per heavy atom. The van der Waals surface area contributed by atoms with E-state index in [1.54, 1.807) is 7.11 Å². The molecule has 12 heavy (non-hydrogen) atoms. The molecule has 3 heteroatoms. The van der Waals surface area contributed by atoms with E-state index in [9.17, 15) is 0 Å². The van der Waals surface area contributed by atoms with Crippen molar-refractivity contribution < 1.29 is 4.74 Å². The molecule has 0 aliphatic heterocycles.